The Balaban J connectivity index is 2.61. The maximum atomic E-state index is 2.50. The summed E-state index contributed by atoms with van der Waals surface area (Å²) in [5.41, 5.74) is 1.75. The van der Waals surface area contributed by atoms with Crippen LogP contribution >= 0.6 is 0 Å². The third kappa shape index (κ3) is 3.00. The van der Waals surface area contributed by atoms with E-state index < -0.39 is 0 Å². The van der Waals surface area contributed by atoms with Gasteiger partial charge in [-0.15, -0.1) is 0 Å². The topological polar surface area (TPSA) is 0 Å². The predicted octanol–water partition coefficient (Wildman–Crippen LogP) is 5.03. The van der Waals surface area contributed by atoms with E-state index in [1.165, 1.54) is 32.1 Å². The lowest BCUT2D eigenvalue weighted by Gasteiger charge is -2.35. The molecule has 1 saturated carbocycles. The van der Waals surface area contributed by atoms with Crippen molar-refractivity contribution in [3.8, 4) is 0 Å². The second-order valence-electron chi connectivity index (χ2n) is 7.35. The minimum Gasteiger partial charge on any atom is -0.0649 e. The van der Waals surface area contributed by atoms with Gasteiger partial charge in [-0.1, -0.05) is 48.0 Å². The molecule has 0 aromatic carbocycles. The van der Waals surface area contributed by atoms with Crippen LogP contribution in [-0.4, -0.2) is 0 Å². The fraction of sp³-hybridized carbons (Fsp3) is 1.00. The van der Waals surface area contributed by atoms with E-state index in [1.807, 2.05) is 0 Å². The zero-order chi connectivity index (χ0) is 11.0. The Kier molecular flexibility index (Phi) is 3.05. The molecule has 0 aromatic heterocycles. The van der Waals surface area contributed by atoms with Crippen LogP contribution in [0, 0.1) is 16.2 Å². The van der Waals surface area contributed by atoms with E-state index in [0.29, 0.717) is 16.2 Å². The monoisotopic (exact) mass is 196 g/mol. The third-order valence-corrected chi connectivity index (χ3v) is 4.17. The minimum absolute atomic E-state index is 0.537. The first-order chi connectivity index (χ1) is 6.18. The minimum atomic E-state index is 0.537. The van der Waals surface area contributed by atoms with Gasteiger partial charge >= 0.3 is 0 Å². The molecule has 0 heteroatoms. The molecule has 0 heterocycles. The maximum Gasteiger partial charge on any atom is -0.0315 e. The summed E-state index contributed by atoms with van der Waals surface area (Å²) in [7, 11) is 0. The van der Waals surface area contributed by atoms with Gasteiger partial charge in [0.2, 0.25) is 0 Å². The van der Waals surface area contributed by atoms with Gasteiger partial charge in [-0.3, -0.25) is 0 Å². The first kappa shape index (κ1) is 12.1. The molecule has 84 valence electrons. The standard InChI is InChI=1S/C14H28/c1-7-12(2,3)10-14(6)9-8-13(4,5)11-14/h7-11H2,1-6H3. The Labute approximate surface area is 90.5 Å². The Bertz CT molecular complexity index is 200. The van der Waals surface area contributed by atoms with Gasteiger partial charge in [0.15, 0.2) is 0 Å². The molecule has 1 atom stereocenters. The van der Waals surface area contributed by atoms with Crippen LogP contribution in [0.15, 0.2) is 0 Å². The SMILES string of the molecule is CCC(C)(C)CC1(C)CCC(C)(C)C1. The summed E-state index contributed by atoms with van der Waals surface area (Å²) >= 11 is 0. The van der Waals surface area contributed by atoms with Crippen molar-refractivity contribution in [1.82, 2.24) is 0 Å². The lowest BCUT2D eigenvalue weighted by atomic mass is 9.70. The molecule has 0 saturated heterocycles. The predicted molar refractivity (Wildman–Crippen MR) is 64.4 cm³/mol. The fourth-order valence-electron chi connectivity index (χ4n) is 3.40. The van der Waals surface area contributed by atoms with Gasteiger partial charge in [0.25, 0.3) is 0 Å². The molecule has 0 aromatic rings. The molecule has 1 aliphatic carbocycles. The normalized spacial score (nSPS) is 32.1. The number of hydrogen-bond donors (Lipinski definition) is 0. The zero-order valence-electron chi connectivity index (χ0n) is 11.0. The second-order valence-corrected chi connectivity index (χ2v) is 7.35. The summed E-state index contributed by atoms with van der Waals surface area (Å²) in [5, 5.41) is 0. The van der Waals surface area contributed by atoms with Crippen molar-refractivity contribution in [2.45, 2.75) is 73.6 Å². The summed E-state index contributed by atoms with van der Waals surface area (Å²) in [5.74, 6) is 0. The first-order valence-electron chi connectivity index (χ1n) is 6.18. The lowest BCUT2D eigenvalue weighted by molar-refractivity contribution is 0.161. The summed E-state index contributed by atoms with van der Waals surface area (Å²) < 4.78 is 0. The van der Waals surface area contributed by atoms with E-state index in [4.69, 9.17) is 0 Å². The summed E-state index contributed by atoms with van der Waals surface area (Å²) in [4.78, 5) is 0. The summed E-state index contributed by atoms with van der Waals surface area (Å²) in [6.45, 7) is 14.5. The van der Waals surface area contributed by atoms with Gasteiger partial charge in [-0.2, -0.15) is 0 Å². The van der Waals surface area contributed by atoms with Gasteiger partial charge in [-0.25, -0.2) is 0 Å². The lowest BCUT2D eigenvalue weighted by Crippen LogP contribution is -2.24. The number of hydrogen-bond acceptors (Lipinski definition) is 0. The van der Waals surface area contributed by atoms with Crippen LogP contribution < -0.4 is 0 Å². The summed E-state index contributed by atoms with van der Waals surface area (Å²) in [6.07, 6.45) is 6.99. The molecule has 0 spiro atoms. The average Bonchev–Trinajstić information content (AvgIpc) is 2.24. The van der Waals surface area contributed by atoms with Gasteiger partial charge in [0.05, 0.1) is 0 Å². The van der Waals surface area contributed by atoms with Crippen LogP contribution in [0.2, 0.25) is 0 Å². The van der Waals surface area contributed by atoms with Crippen LogP contribution in [0.3, 0.4) is 0 Å². The third-order valence-electron chi connectivity index (χ3n) is 4.17. The van der Waals surface area contributed by atoms with Gasteiger partial charge < -0.3 is 0 Å². The van der Waals surface area contributed by atoms with E-state index in [0.717, 1.165) is 0 Å². The first-order valence-corrected chi connectivity index (χ1v) is 6.18. The highest BCUT2D eigenvalue weighted by Gasteiger charge is 2.41. The smallest absolute Gasteiger partial charge is 0.0315 e. The Morgan fingerprint density at radius 3 is 2.00 bits per heavy atom. The quantitative estimate of drug-likeness (QED) is 0.594. The van der Waals surface area contributed by atoms with E-state index in [-0.39, 0.29) is 0 Å². The molecule has 1 unspecified atom stereocenters. The Morgan fingerprint density at radius 1 is 1.07 bits per heavy atom. The molecule has 1 fully saturated rings. The Morgan fingerprint density at radius 2 is 1.64 bits per heavy atom. The van der Waals surface area contributed by atoms with Crippen molar-refractivity contribution in [3.63, 3.8) is 0 Å². The molecule has 1 rings (SSSR count). The molecule has 14 heavy (non-hydrogen) atoms. The molecular formula is C14H28. The zero-order valence-corrected chi connectivity index (χ0v) is 11.0. The summed E-state index contributed by atoms with van der Waals surface area (Å²) in [6, 6.07) is 0. The van der Waals surface area contributed by atoms with Gasteiger partial charge in [-0.05, 0) is 41.9 Å². The largest absolute Gasteiger partial charge is 0.0649 e. The van der Waals surface area contributed by atoms with E-state index in [9.17, 15) is 0 Å². The van der Waals surface area contributed by atoms with Crippen molar-refractivity contribution in [1.29, 1.82) is 0 Å². The highest BCUT2D eigenvalue weighted by molar-refractivity contribution is 4.93. The molecule has 0 radical (unpaired) electrons. The number of rotatable bonds is 3. The van der Waals surface area contributed by atoms with Crippen molar-refractivity contribution in [3.05, 3.63) is 0 Å². The van der Waals surface area contributed by atoms with Crippen molar-refractivity contribution in [2.24, 2.45) is 16.2 Å². The molecule has 0 bridgehead atoms. The highest BCUT2D eigenvalue weighted by Crippen LogP contribution is 2.54. The van der Waals surface area contributed by atoms with Crippen LogP contribution in [0.1, 0.15) is 73.6 Å². The van der Waals surface area contributed by atoms with Crippen LogP contribution in [-0.2, 0) is 0 Å². The van der Waals surface area contributed by atoms with Crippen molar-refractivity contribution in [2.75, 3.05) is 0 Å². The van der Waals surface area contributed by atoms with E-state index >= 15 is 0 Å². The van der Waals surface area contributed by atoms with Gasteiger partial charge in [0, 0.05) is 0 Å². The van der Waals surface area contributed by atoms with E-state index in [1.54, 1.807) is 0 Å². The fourth-order valence-corrected chi connectivity index (χ4v) is 3.40. The van der Waals surface area contributed by atoms with E-state index in [2.05, 4.69) is 41.5 Å². The molecular weight excluding hydrogens is 168 g/mol. The van der Waals surface area contributed by atoms with Crippen LogP contribution in [0.25, 0.3) is 0 Å². The molecule has 0 nitrogen and oxygen atoms in total. The molecule has 0 aliphatic heterocycles. The maximum absolute atomic E-state index is 2.50. The second kappa shape index (κ2) is 3.54. The molecule has 0 amide bonds. The van der Waals surface area contributed by atoms with Gasteiger partial charge in [0.1, 0.15) is 0 Å². The van der Waals surface area contributed by atoms with Crippen molar-refractivity contribution < 1.29 is 0 Å². The van der Waals surface area contributed by atoms with Crippen LogP contribution in [0.4, 0.5) is 0 Å². The molecule has 0 N–H and O–H groups in total. The van der Waals surface area contributed by atoms with Crippen molar-refractivity contribution >= 4 is 0 Å². The average molecular weight is 196 g/mol. The van der Waals surface area contributed by atoms with Crippen LogP contribution in [0.5, 0.6) is 0 Å². The highest BCUT2D eigenvalue weighted by atomic mass is 14.5. The Hall–Kier alpha value is 0. The molecule has 1 aliphatic rings.